The van der Waals surface area contributed by atoms with Gasteiger partial charge in [0, 0.05) is 11.6 Å². The number of ketones is 1. The van der Waals surface area contributed by atoms with E-state index in [1.54, 1.807) is 69.7 Å². The Morgan fingerprint density at radius 2 is 1.25 bits per heavy atom. The van der Waals surface area contributed by atoms with Crippen molar-refractivity contribution in [2.75, 3.05) is 14.2 Å². The van der Waals surface area contributed by atoms with Gasteiger partial charge in [0.2, 0.25) is 0 Å². The summed E-state index contributed by atoms with van der Waals surface area (Å²) in [5, 5.41) is 0. The molecule has 2 aromatic carbocycles. The van der Waals surface area contributed by atoms with Gasteiger partial charge in [0.25, 0.3) is 0 Å². The van der Waals surface area contributed by atoms with Gasteiger partial charge in [-0.3, -0.25) is 4.79 Å². The van der Waals surface area contributed by atoms with Crippen LogP contribution in [0.2, 0.25) is 0 Å². The van der Waals surface area contributed by atoms with Gasteiger partial charge in [0.1, 0.15) is 17.3 Å². The SMILES string of the molecule is COc1ccc(C(=O)C=C(C)OC(=O)c2ccc(OC)cc2)cc1. The first kappa shape index (κ1) is 17.3. The molecule has 0 aliphatic carbocycles. The van der Waals surface area contributed by atoms with E-state index in [4.69, 9.17) is 14.2 Å². The number of hydrogen-bond acceptors (Lipinski definition) is 5. The van der Waals surface area contributed by atoms with Crippen molar-refractivity contribution in [1.82, 2.24) is 0 Å². The van der Waals surface area contributed by atoms with Crippen molar-refractivity contribution in [1.29, 1.82) is 0 Å². The molecule has 5 heteroatoms. The average molecular weight is 326 g/mol. The summed E-state index contributed by atoms with van der Waals surface area (Å²) in [7, 11) is 3.10. The lowest BCUT2D eigenvalue weighted by molar-refractivity contribution is 0.0625. The van der Waals surface area contributed by atoms with Crippen LogP contribution in [0.15, 0.2) is 60.4 Å². The van der Waals surface area contributed by atoms with E-state index >= 15 is 0 Å². The van der Waals surface area contributed by atoms with Crippen molar-refractivity contribution in [2.45, 2.75) is 6.92 Å². The Bertz CT molecular complexity index is 742. The molecule has 0 aromatic heterocycles. The third-order valence-corrected chi connectivity index (χ3v) is 3.29. The van der Waals surface area contributed by atoms with Gasteiger partial charge in [0.15, 0.2) is 5.78 Å². The molecule has 0 heterocycles. The van der Waals surface area contributed by atoms with Crippen LogP contribution in [-0.2, 0) is 4.74 Å². The van der Waals surface area contributed by atoms with Crippen LogP contribution in [-0.4, -0.2) is 26.0 Å². The molecule has 0 N–H and O–H groups in total. The molecule has 0 bridgehead atoms. The molecule has 0 amide bonds. The molecule has 0 atom stereocenters. The largest absolute Gasteiger partial charge is 0.497 e. The summed E-state index contributed by atoms with van der Waals surface area (Å²) in [5.41, 5.74) is 0.857. The minimum absolute atomic E-state index is 0.219. The summed E-state index contributed by atoms with van der Waals surface area (Å²) in [6.07, 6.45) is 1.28. The van der Waals surface area contributed by atoms with Gasteiger partial charge in [-0.1, -0.05) is 0 Å². The topological polar surface area (TPSA) is 61.8 Å². The highest BCUT2D eigenvalue weighted by molar-refractivity contribution is 6.05. The molecule has 0 aliphatic rings. The molecular formula is C19H18O5. The Morgan fingerprint density at radius 3 is 1.71 bits per heavy atom. The second-order valence-corrected chi connectivity index (χ2v) is 4.97. The predicted octanol–water partition coefficient (Wildman–Crippen LogP) is 3.65. The van der Waals surface area contributed by atoms with E-state index in [2.05, 4.69) is 0 Å². The molecule has 124 valence electrons. The van der Waals surface area contributed by atoms with Crippen LogP contribution < -0.4 is 9.47 Å². The first-order chi connectivity index (χ1) is 11.5. The lowest BCUT2D eigenvalue weighted by Crippen LogP contribution is -2.05. The highest BCUT2D eigenvalue weighted by Gasteiger charge is 2.10. The van der Waals surface area contributed by atoms with Gasteiger partial charge in [-0.2, -0.15) is 0 Å². The zero-order valence-electron chi connectivity index (χ0n) is 13.7. The zero-order chi connectivity index (χ0) is 17.5. The van der Waals surface area contributed by atoms with E-state index in [1.807, 2.05) is 0 Å². The van der Waals surface area contributed by atoms with Crippen LogP contribution in [0.4, 0.5) is 0 Å². The Morgan fingerprint density at radius 1 is 0.792 bits per heavy atom. The highest BCUT2D eigenvalue weighted by Crippen LogP contribution is 2.15. The average Bonchev–Trinajstić information content (AvgIpc) is 2.61. The van der Waals surface area contributed by atoms with Crippen molar-refractivity contribution >= 4 is 11.8 Å². The van der Waals surface area contributed by atoms with Crippen LogP contribution in [0.5, 0.6) is 11.5 Å². The van der Waals surface area contributed by atoms with Crippen LogP contribution >= 0.6 is 0 Å². The lowest BCUT2D eigenvalue weighted by atomic mass is 10.1. The number of allylic oxidation sites excluding steroid dienone is 2. The van der Waals surface area contributed by atoms with Crippen molar-refractivity contribution in [3.63, 3.8) is 0 Å². The summed E-state index contributed by atoms with van der Waals surface area (Å²) >= 11 is 0. The Balaban J connectivity index is 2.03. The first-order valence-corrected chi connectivity index (χ1v) is 7.26. The van der Waals surface area contributed by atoms with Gasteiger partial charge in [-0.15, -0.1) is 0 Å². The van der Waals surface area contributed by atoms with Crippen LogP contribution in [0.25, 0.3) is 0 Å². The fourth-order valence-electron chi connectivity index (χ4n) is 1.98. The molecule has 0 unspecified atom stereocenters. The van der Waals surface area contributed by atoms with Crippen molar-refractivity contribution < 1.29 is 23.8 Å². The van der Waals surface area contributed by atoms with Crippen molar-refractivity contribution in [2.24, 2.45) is 0 Å². The summed E-state index contributed by atoms with van der Waals surface area (Å²) in [4.78, 5) is 24.2. The molecule has 0 saturated heterocycles. The third-order valence-electron chi connectivity index (χ3n) is 3.29. The van der Waals surface area contributed by atoms with E-state index in [0.717, 1.165) is 0 Å². The smallest absolute Gasteiger partial charge is 0.343 e. The molecule has 0 radical (unpaired) electrons. The maximum Gasteiger partial charge on any atom is 0.343 e. The molecule has 2 rings (SSSR count). The second kappa shape index (κ2) is 7.97. The van der Waals surface area contributed by atoms with Gasteiger partial charge in [-0.25, -0.2) is 4.79 Å². The van der Waals surface area contributed by atoms with Crippen LogP contribution in [0, 0.1) is 0 Å². The predicted molar refractivity (Wildman–Crippen MR) is 89.5 cm³/mol. The highest BCUT2D eigenvalue weighted by atomic mass is 16.5. The Kier molecular flexibility index (Phi) is 5.73. The van der Waals surface area contributed by atoms with Crippen LogP contribution in [0.1, 0.15) is 27.6 Å². The van der Waals surface area contributed by atoms with Gasteiger partial charge in [0.05, 0.1) is 19.8 Å². The summed E-state index contributed by atoms with van der Waals surface area (Å²) in [6.45, 7) is 1.56. The van der Waals surface area contributed by atoms with Gasteiger partial charge < -0.3 is 14.2 Å². The van der Waals surface area contributed by atoms with Crippen LogP contribution in [0.3, 0.4) is 0 Å². The standard InChI is InChI=1S/C19H18O5/c1-13(12-18(20)14-4-8-16(22-2)9-5-14)24-19(21)15-6-10-17(23-3)11-7-15/h4-12H,1-3H3. The maximum atomic E-state index is 12.1. The molecule has 0 aliphatic heterocycles. The number of carbonyl (C=O) groups is 2. The van der Waals surface area contributed by atoms with Crippen molar-refractivity contribution in [3.8, 4) is 11.5 Å². The number of methoxy groups -OCH3 is 2. The molecule has 0 spiro atoms. The van der Waals surface area contributed by atoms with E-state index < -0.39 is 5.97 Å². The number of hydrogen-bond donors (Lipinski definition) is 0. The molecule has 0 saturated carbocycles. The van der Waals surface area contributed by atoms with E-state index in [0.29, 0.717) is 22.6 Å². The third kappa shape index (κ3) is 4.46. The monoisotopic (exact) mass is 326 g/mol. The summed E-state index contributed by atoms with van der Waals surface area (Å²) < 4.78 is 15.3. The Labute approximate surface area is 140 Å². The van der Waals surface area contributed by atoms with E-state index in [9.17, 15) is 9.59 Å². The summed E-state index contributed by atoms with van der Waals surface area (Å²) in [5.74, 6) is 0.745. The molecule has 0 fully saturated rings. The second-order valence-electron chi connectivity index (χ2n) is 4.97. The van der Waals surface area contributed by atoms with E-state index in [1.165, 1.54) is 6.08 Å². The van der Waals surface area contributed by atoms with E-state index in [-0.39, 0.29) is 11.5 Å². The first-order valence-electron chi connectivity index (χ1n) is 7.26. The zero-order valence-corrected chi connectivity index (χ0v) is 13.7. The fraction of sp³-hybridized carbons (Fsp3) is 0.158. The maximum absolute atomic E-state index is 12.1. The molecule has 5 nitrogen and oxygen atoms in total. The van der Waals surface area contributed by atoms with Gasteiger partial charge in [-0.05, 0) is 55.5 Å². The number of ether oxygens (including phenoxy) is 3. The minimum Gasteiger partial charge on any atom is -0.497 e. The molecular weight excluding hydrogens is 308 g/mol. The number of benzene rings is 2. The van der Waals surface area contributed by atoms with Gasteiger partial charge >= 0.3 is 5.97 Å². The lowest BCUT2D eigenvalue weighted by Gasteiger charge is -2.06. The number of rotatable bonds is 6. The number of carbonyl (C=O) groups excluding carboxylic acids is 2. The minimum atomic E-state index is -0.533. The summed E-state index contributed by atoms with van der Waals surface area (Å²) in [6, 6.07) is 13.2. The Hall–Kier alpha value is -3.08. The quantitative estimate of drug-likeness (QED) is 0.351. The number of esters is 1. The normalized spacial score (nSPS) is 10.9. The molecule has 24 heavy (non-hydrogen) atoms. The molecule has 2 aromatic rings. The van der Waals surface area contributed by atoms with Crippen molar-refractivity contribution in [3.05, 3.63) is 71.5 Å². The fourth-order valence-corrected chi connectivity index (χ4v) is 1.98.